The van der Waals surface area contributed by atoms with Gasteiger partial charge in [-0.25, -0.2) is 8.42 Å². The van der Waals surface area contributed by atoms with Gasteiger partial charge in [-0.2, -0.15) is 0 Å². The molecule has 0 heterocycles. The zero-order valence-corrected chi connectivity index (χ0v) is 9.60. The van der Waals surface area contributed by atoms with Gasteiger partial charge in [-0.05, 0) is 23.8 Å². The Morgan fingerprint density at radius 2 is 2.08 bits per heavy atom. The molecular formula is C8H6BrClO2S. The van der Waals surface area contributed by atoms with Crippen LogP contribution in [-0.4, -0.2) is 8.42 Å². The second kappa shape index (κ2) is 4.26. The third-order valence-corrected chi connectivity index (χ3v) is 2.53. The Kier molecular flexibility index (Phi) is 3.53. The second-order valence-corrected chi connectivity index (χ2v) is 5.76. The lowest BCUT2D eigenvalue weighted by Crippen LogP contribution is -1.79. The number of hydrogen-bond donors (Lipinski definition) is 0. The Labute approximate surface area is 89.8 Å². The summed E-state index contributed by atoms with van der Waals surface area (Å²) in [7, 11) is 1.44. The number of halogens is 2. The molecule has 0 aliphatic heterocycles. The average Bonchev–Trinajstić information content (AvgIpc) is 2.00. The van der Waals surface area contributed by atoms with Crippen molar-refractivity contribution in [3.8, 4) is 0 Å². The summed E-state index contributed by atoms with van der Waals surface area (Å²) in [5.41, 5.74) is 0.776. The Morgan fingerprint density at radius 3 is 2.62 bits per heavy atom. The van der Waals surface area contributed by atoms with E-state index in [1.165, 1.54) is 6.08 Å². The second-order valence-electron chi connectivity index (χ2n) is 2.33. The molecule has 0 saturated carbocycles. The van der Waals surface area contributed by atoms with Crippen molar-refractivity contribution in [1.82, 2.24) is 0 Å². The molecule has 5 heteroatoms. The first-order valence-electron chi connectivity index (χ1n) is 3.36. The van der Waals surface area contributed by atoms with Crippen LogP contribution in [0.5, 0.6) is 0 Å². The first kappa shape index (κ1) is 10.8. The van der Waals surface area contributed by atoms with Crippen molar-refractivity contribution in [3.63, 3.8) is 0 Å². The zero-order valence-electron chi connectivity index (χ0n) is 6.44. The predicted octanol–water partition coefficient (Wildman–Crippen LogP) is 2.99. The van der Waals surface area contributed by atoms with Crippen LogP contribution < -0.4 is 0 Å². The predicted molar refractivity (Wildman–Crippen MR) is 57.9 cm³/mol. The highest BCUT2D eigenvalue weighted by molar-refractivity contribution is 9.10. The SMILES string of the molecule is O=S(=O)(Cl)/C=C\c1cccc(Br)c1. The van der Waals surface area contributed by atoms with Crippen molar-refractivity contribution >= 4 is 41.7 Å². The van der Waals surface area contributed by atoms with Crippen LogP contribution in [0.25, 0.3) is 6.08 Å². The average molecular weight is 282 g/mol. The number of benzene rings is 1. The summed E-state index contributed by atoms with van der Waals surface area (Å²) in [6.07, 6.45) is 1.44. The monoisotopic (exact) mass is 280 g/mol. The summed E-state index contributed by atoms with van der Waals surface area (Å²) in [5, 5.41) is 0.955. The molecule has 1 aromatic carbocycles. The van der Waals surface area contributed by atoms with Gasteiger partial charge < -0.3 is 0 Å². The quantitative estimate of drug-likeness (QED) is 0.781. The number of hydrogen-bond acceptors (Lipinski definition) is 2. The highest BCUT2D eigenvalue weighted by Gasteiger charge is 1.96. The molecule has 70 valence electrons. The largest absolute Gasteiger partial charge is 0.254 e. The Hall–Kier alpha value is -0.320. The van der Waals surface area contributed by atoms with E-state index in [-0.39, 0.29) is 0 Å². The van der Waals surface area contributed by atoms with Crippen LogP contribution in [-0.2, 0) is 9.05 Å². The van der Waals surface area contributed by atoms with Crippen LogP contribution in [0.2, 0.25) is 0 Å². The molecule has 0 unspecified atom stereocenters. The molecule has 0 spiro atoms. The van der Waals surface area contributed by atoms with E-state index in [0.29, 0.717) is 0 Å². The van der Waals surface area contributed by atoms with Crippen LogP contribution in [0.3, 0.4) is 0 Å². The van der Waals surface area contributed by atoms with Crippen molar-refractivity contribution in [2.75, 3.05) is 0 Å². The molecule has 0 atom stereocenters. The fourth-order valence-electron chi connectivity index (χ4n) is 0.770. The van der Waals surface area contributed by atoms with Gasteiger partial charge in [-0.15, -0.1) is 0 Å². The van der Waals surface area contributed by atoms with Crippen molar-refractivity contribution in [3.05, 3.63) is 39.7 Å². The van der Waals surface area contributed by atoms with E-state index in [4.69, 9.17) is 10.7 Å². The molecule has 0 N–H and O–H groups in total. The topological polar surface area (TPSA) is 34.1 Å². The molecule has 0 amide bonds. The van der Waals surface area contributed by atoms with Crippen molar-refractivity contribution in [2.45, 2.75) is 0 Å². The van der Waals surface area contributed by atoms with Crippen LogP contribution in [0, 0.1) is 0 Å². The van der Waals surface area contributed by atoms with Gasteiger partial charge in [-0.1, -0.05) is 28.1 Å². The van der Waals surface area contributed by atoms with E-state index in [1.807, 2.05) is 12.1 Å². The minimum atomic E-state index is -3.56. The summed E-state index contributed by atoms with van der Waals surface area (Å²) in [6, 6.07) is 7.24. The highest BCUT2D eigenvalue weighted by atomic mass is 79.9. The molecule has 0 fully saturated rings. The first-order chi connectivity index (χ1) is 5.97. The maximum Gasteiger partial charge on any atom is 0.254 e. The van der Waals surface area contributed by atoms with Gasteiger partial charge in [-0.3, -0.25) is 0 Å². The molecule has 0 aromatic heterocycles. The lowest BCUT2D eigenvalue weighted by Gasteiger charge is -1.92. The van der Waals surface area contributed by atoms with Crippen molar-refractivity contribution in [1.29, 1.82) is 0 Å². The van der Waals surface area contributed by atoms with Crippen molar-refractivity contribution in [2.24, 2.45) is 0 Å². The normalized spacial score (nSPS) is 12.2. The molecule has 0 radical (unpaired) electrons. The smallest absolute Gasteiger partial charge is 0.208 e. The van der Waals surface area contributed by atoms with Crippen molar-refractivity contribution < 1.29 is 8.42 Å². The van der Waals surface area contributed by atoms with Gasteiger partial charge in [0.15, 0.2) is 0 Å². The fraction of sp³-hybridized carbons (Fsp3) is 0. The van der Waals surface area contributed by atoms with Gasteiger partial charge in [0, 0.05) is 20.6 Å². The molecule has 2 nitrogen and oxygen atoms in total. The maximum atomic E-state index is 10.6. The van der Waals surface area contributed by atoms with Gasteiger partial charge in [0.25, 0.3) is 9.05 Å². The molecule has 0 saturated heterocycles. The lowest BCUT2D eigenvalue weighted by atomic mass is 10.2. The highest BCUT2D eigenvalue weighted by Crippen LogP contribution is 2.13. The standard InChI is InChI=1S/C8H6BrClO2S/c9-8-3-1-2-7(6-8)4-5-13(10,11)12/h1-6H/b5-4-. The molecule has 0 bridgehead atoms. The number of rotatable bonds is 2. The molecule has 0 aliphatic rings. The van der Waals surface area contributed by atoms with Gasteiger partial charge >= 0.3 is 0 Å². The van der Waals surface area contributed by atoms with E-state index in [1.54, 1.807) is 12.1 Å². The molecule has 0 aliphatic carbocycles. The lowest BCUT2D eigenvalue weighted by molar-refractivity contribution is 0.617. The van der Waals surface area contributed by atoms with Gasteiger partial charge in [0.1, 0.15) is 0 Å². The third kappa shape index (κ3) is 4.45. The van der Waals surface area contributed by atoms with Crippen LogP contribution in [0.4, 0.5) is 0 Å². The third-order valence-electron chi connectivity index (χ3n) is 1.27. The van der Waals surface area contributed by atoms with E-state index in [0.717, 1.165) is 15.4 Å². The Balaban J connectivity index is 2.93. The minimum absolute atomic E-state index is 0.776. The van der Waals surface area contributed by atoms with Crippen LogP contribution >= 0.6 is 26.6 Å². The Morgan fingerprint density at radius 1 is 1.38 bits per heavy atom. The van der Waals surface area contributed by atoms with E-state index in [9.17, 15) is 8.42 Å². The van der Waals surface area contributed by atoms with Gasteiger partial charge in [0.2, 0.25) is 0 Å². The summed E-state index contributed by atoms with van der Waals surface area (Å²) in [6.45, 7) is 0. The van der Waals surface area contributed by atoms with E-state index >= 15 is 0 Å². The fourth-order valence-corrected chi connectivity index (χ4v) is 1.66. The summed E-state index contributed by atoms with van der Waals surface area (Å²) in [4.78, 5) is 0. The minimum Gasteiger partial charge on any atom is -0.208 e. The molecular weight excluding hydrogens is 276 g/mol. The maximum absolute atomic E-state index is 10.6. The van der Waals surface area contributed by atoms with Crippen LogP contribution in [0.1, 0.15) is 5.56 Å². The molecule has 1 rings (SSSR count). The zero-order chi connectivity index (χ0) is 9.90. The van der Waals surface area contributed by atoms with Crippen LogP contribution in [0.15, 0.2) is 34.1 Å². The molecule has 1 aromatic rings. The van der Waals surface area contributed by atoms with E-state index < -0.39 is 9.05 Å². The van der Waals surface area contributed by atoms with Gasteiger partial charge in [0.05, 0.1) is 0 Å². The molecule has 13 heavy (non-hydrogen) atoms. The summed E-state index contributed by atoms with van der Waals surface area (Å²) in [5.74, 6) is 0. The summed E-state index contributed by atoms with van der Waals surface area (Å²) >= 11 is 3.27. The van der Waals surface area contributed by atoms with E-state index in [2.05, 4.69) is 15.9 Å². The summed E-state index contributed by atoms with van der Waals surface area (Å²) < 4.78 is 22.0. The first-order valence-corrected chi connectivity index (χ1v) is 6.52. The Bertz CT molecular complexity index is 426.